The van der Waals surface area contributed by atoms with E-state index in [-0.39, 0.29) is 34.7 Å². The Bertz CT molecular complexity index is 1560. The van der Waals surface area contributed by atoms with Crippen LogP contribution in [0, 0.1) is 11.6 Å². The van der Waals surface area contributed by atoms with Gasteiger partial charge in [-0.1, -0.05) is 6.07 Å². The number of rotatable bonds is 6. The van der Waals surface area contributed by atoms with E-state index in [1.807, 2.05) is 18.3 Å². The van der Waals surface area contributed by atoms with E-state index in [1.54, 1.807) is 0 Å². The van der Waals surface area contributed by atoms with E-state index in [0.717, 1.165) is 37.5 Å². The summed E-state index contributed by atoms with van der Waals surface area (Å²) in [6.45, 7) is 3.01. The Morgan fingerprint density at radius 3 is 2.50 bits per heavy atom. The molecule has 3 aliphatic rings. The third-order valence-electron chi connectivity index (χ3n) is 8.37. The zero-order valence-corrected chi connectivity index (χ0v) is 21.9. The minimum atomic E-state index is -2.62. The summed E-state index contributed by atoms with van der Waals surface area (Å²) in [6.07, 6.45) is 3.18. The number of likely N-dealkylation sites (N-methyl/N-ethyl adjacent to an activating group) is 1. The first kappa shape index (κ1) is 25.3. The van der Waals surface area contributed by atoms with Gasteiger partial charge in [0, 0.05) is 49.9 Å². The normalized spacial score (nSPS) is 22.9. The van der Waals surface area contributed by atoms with Gasteiger partial charge in [-0.15, -0.1) is 0 Å². The zero-order chi connectivity index (χ0) is 27.5. The predicted octanol–water partition coefficient (Wildman–Crippen LogP) is 4.94. The number of fused-ring (bicyclic) bond motifs is 5. The molecule has 2 saturated heterocycles. The van der Waals surface area contributed by atoms with Crippen LogP contribution < -0.4 is 5.32 Å². The van der Waals surface area contributed by atoms with Crippen molar-refractivity contribution in [3.8, 4) is 11.3 Å². The van der Waals surface area contributed by atoms with Gasteiger partial charge in [0.25, 0.3) is 6.43 Å². The minimum absolute atomic E-state index is 0.00853. The highest BCUT2D eigenvalue weighted by Gasteiger charge is 2.38. The van der Waals surface area contributed by atoms with Crippen LogP contribution in [0.5, 0.6) is 0 Å². The molecule has 0 spiro atoms. The van der Waals surface area contributed by atoms with Crippen molar-refractivity contribution in [1.82, 2.24) is 34.3 Å². The molecule has 6 heterocycles. The number of anilines is 2. The molecule has 12 heteroatoms. The number of nitrogens with one attached hydrogen (secondary N) is 1. The van der Waals surface area contributed by atoms with Crippen molar-refractivity contribution >= 4 is 22.8 Å². The monoisotopic (exact) mass is 552 g/mol. The molecule has 0 radical (unpaired) electrons. The molecule has 3 aromatic heterocycles. The van der Waals surface area contributed by atoms with Crippen LogP contribution in [0.2, 0.25) is 0 Å². The average molecular weight is 553 g/mol. The maximum Gasteiger partial charge on any atom is 0.259 e. The second-order valence-electron chi connectivity index (χ2n) is 11.0. The fourth-order valence-electron chi connectivity index (χ4n) is 6.54. The summed E-state index contributed by atoms with van der Waals surface area (Å²) in [4.78, 5) is 22.0. The number of piperazine rings is 1. The third kappa shape index (κ3) is 4.39. The van der Waals surface area contributed by atoms with E-state index in [0.29, 0.717) is 30.1 Å². The predicted molar refractivity (Wildman–Crippen MR) is 141 cm³/mol. The van der Waals surface area contributed by atoms with Gasteiger partial charge in [0.2, 0.25) is 5.95 Å². The molecule has 2 fully saturated rings. The van der Waals surface area contributed by atoms with Gasteiger partial charge in [-0.25, -0.2) is 37.5 Å². The summed E-state index contributed by atoms with van der Waals surface area (Å²) in [5.41, 5.74) is 1.26. The summed E-state index contributed by atoms with van der Waals surface area (Å²) in [6, 6.07) is 6.46. The Morgan fingerprint density at radius 1 is 0.975 bits per heavy atom. The van der Waals surface area contributed by atoms with Crippen LogP contribution in [0.15, 0.2) is 36.7 Å². The molecule has 3 atom stereocenters. The molecule has 1 aromatic carbocycles. The first-order valence-electron chi connectivity index (χ1n) is 13.5. The molecule has 4 aromatic rings. The van der Waals surface area contributed by atoms with Crippen molar-refractivity contribution in [2.45, 2.75) is 56.8 Å². The number of likely N-dealkylation sites (tertiary alicyclic amines) is 1. The molecular weight excluding hydrogens is 524 g/mol. The van der Waals surface area contributed by atoms with E-state index < -0.39 is 24.1 Å². The summed E-state index contributed by atoms with van der Waals surface area (Å²) in [7, 11) is 2.18. The van der Waals surface area contributed by atoms with E-state index in [2.05, 4.69) is 42.1 Å². The van der Waals surface area contributed by atoms with Gasteiger partial charge in [0.15, 0.2) is 11.6 Å². The van der Waals surface area contributed by atoms with Crippen molar-refractivity contribution in [1.29, 1.82) is 0 Å². The lowest BCUT2D eigenvalue weighted by atomic mass is 10.1. The number of imidazole rings is 1. The lowest BCUT2D eigenvalue weighted by Crippen LogP contribution is -2.51. The molecular formula is C28H28F4N8. The number of aryl methyl sites for hydroxylation is 1. The number of aromatic nitrogens is 5. The number of hydrogen-bond donors (Lipinski definition) is 1. The highest BCUT2D eigenvalue weighted by Crippen LogP contribution is 2.37. The SMILES string of the molecule is CN1CC2CCC(C1)N2Cc1ccc(Nc2ncc(F)c(-c3cc(F)c4nc5n(c4c3)[C@H](C(F)F)CC5)n2)nc1. The Balaban J connectivity index is 1.13. The minimum Gasteiger partial charge on any atom is -0.319 e. The van der Waals surface area contributed by atoms with Gasteiger partial charge in [0.05, 0.1) is 17.8 Å². The van der Waals surface area contributed by atoms with Gasteiger partial charge < -0.3 is 14.8 Å². The van der Waals surface area contributed by atoms with E-state index >= 15 is 4.39 Å². The van der Waals surface area contributed by atoms with Crippen LogP contribution in [0.1, 0.15) is 36.7 Å². The number of pyridine rings is 1. The quantitative estimate of drug-likeness (QED) is 0.340. The molecule has 208 valence electrons. The number of hydrogen-bond acceptors (Lipinski definition) is 7. The van der Waals surface area contributed by atoms with Crippen molar-refractivity contribution in [3.63, 3.8) is 0 Å². The van der Waals surface area contributed by atoms with Gasteiger partial charge in [-0.2, -0.15) is 0 Å². The molecule has 2 unspecified atom stereocenters. The number of alkyl halides is 2. The fraction of sp³-hybridized carbons (Fsp3) is 0.429. The Labute approximate surface area is 228 Å². The smallest absolute Gasteiger partial charge is 0.259 e. The maximum absolute atomic E-state index is 15.0. The van der Waals surface area contributed by atoms with Crippen LogP contribution in [-0.4, -0.2) is 72.9 Å². The lowest BCUT2D eigenvalue weighted by molar-refractivity contribution is 0.0759. The van der Waals surface area contributed by atoms with Crippen LogP contribution in [-0.2, 0) is 13.0 Å². The molecule has 40 heavy (non-hydrogen) atoms. The molecule has 3 aliphatic heterocycles. The first-order valence-corrected chi connectivity index (χ1v) is 13.5. The highest BCUT2D eigenvalue weighted by molar-refractivity contribution is 5.83. The van der Waals surface area contributed by atoms with Crippen molar-refractivity contribution in [2.75, 3.05) is 25.5 Å². The van der Waals surface area contributed by atoms with Crippen LogP contribution in [0.25, 0.3) is 22.3 Å². The Hall–Kier alpha value is -3.64. The standard InChI is InChI=1S/C28H28F4N8/c1-38-13-17-3-4-18(14-38)39(17)12-15-2-6-23(33-10-15)35-28-34-11-20(30)25(37-28)16-8-19(29)26-22(9-16)40-21(27(31)32)5-7-24(40)36-26/h2,6,8-11,17-18,21,27H,3-5,7,12-14H2,1H3,(H,33,34,35,37)/t17?,18?,21-/m0/s1. The second-order valence-corrected chi connectivity index (χ2v) is 11.0. The van der Waals surface area contributed by atoms with E-state index in [9.17, 15) is 13.2 Å². The number of nitrogens with zero attached hydrogens (tertiary/aromatic N) is 7. The van der Waals surface area contributed by atoms with Crippen molar-refractivity contribution in [2.24, 2.45) is 0 Å². The van der Waals surface area contributed by atoms with Crippen molar-refractivity contribution < 1.29 is 17.6 Å². The summed E-state index contributed by atoms with van der Waals surface area (Å²) in [5, 5.41) is 2.99. The second kappa shape index (κ2) is 9.77. The topological polar surface area (TPSA) is 75.0 Å². The van der Waals surface area contributed by atoms with Crippen LogP contribution in [0.4, 0.5) is 29.3 Å². The zero-order valence-electron chi connectivity index (χ0n) is 21.9. The first-order chi connectivity index (χ1) is 19.3. The molecule has 1 N–H and O–H groups in total. The average Bonchev–Trinajstić information content (AvgIpc) is 3.57. The molecule has 0 amide bonds. The Kier molecular flexibility index (Phi) is 6.19. The van der Waals surface area contributed by atoms with Crippen LogP contribution >= 0.6 is 0 Å². The maximum atomic E-state index is 15.0. The summed E-state index contributed by atoms with van der Waals surface area (Å²) < 4.78 is 58.5. The van der Waals surface area contributed by atoms with Gasteiger partial charge >= 0.3 is 0 Å². The molecule has 0 aliphatic carbocycles. The van der Waals surface area contributed by atoms with Crippen LogP contribution in [0.3, 0.4) is 0 Å². The molecule has 8 nitrogen and oxygen atoms in total. The largest absolute Gasteiger partial charge is 0.319 e. The van der Waals surface area contributed by atoms with Gasteiger partial charge in [0.1, 0.15) is 22.9 Å². The fourth-order valence-corrected chi connectivity index (χ4v) is 6.54. The highest BCUT2D eigenvalue weighted by atomic mass is 19.3. The van der Waals surface area contributed by atoms with E-state index in [1.165, 1.54) is 23.5 Å². The van der Waals surface area contributed by atoms with Gasteiger partial charge in [-0.3, -0.25) is 4.90 Å². The number of halogens is 4. The third-order valence-corrected chi connectivity index (χ3v) is 8.37. The molecule has 2 bridgehead atoms. The Morgan fingerprint density at radius 2 is 1.77 bits per heavy atom. The summed E-state index contributed by atoms with van der Waals surface area (Å²) >= 11 is 0. The van der Waals surface area contributed by atoms with Gasteiger partial charge in [-0.05, 0) is 50.1 Å². The summed E-state index contributed by atoms with van der Waals surface area (Å²) in [5.74, 6) is -0.519. The van der Waals surface area contributed by atoms with Crippen molar-refractivity contribution in [3.05, 3.63) is 59.7 Å². The lowest BCUT2D eigenvalue weighted by Gasteiger charge is -2.39. The molecule has 7 rings (SSSR count). The molecule has 0 saturated carbocycles. The number of benzene rings is 1. The van der Waals surface area contributed by atoms with E-state index in [4.69, 9.17) is 0 Å².